The third kappa shape index (κ3) is 5.29. The molecule has 8 nitrogen and oxygen atoms in total. The summed E-state index contributed by atoms with van der Waals surface area (Å²) >= 11 is 1.49. The predicted octanol–water partition coefficient (Wildman–Crippen LogP) is 3.68. The normalized spacial score (nSPS) is 13.4. The fraction of sp³-hybridized carbons (Fsp3) is 0.318. The number of thioether (sulfide) groups is 1. The summed E-state index contributed by atoms with van der Waals surface area (Å²) in [6.45, 7) is 3.76. The maximum atomic E-state index is 12.4. The molecule has 4 rings (SSSR count). The van der Waals surface area contributed by atoms with E-state index < -0.39 is 0 Å². The summed E-state index contributed by atoms with van der Waals surface area (Å²) in [7, 11) is 0. The average Bonchev–Trinajstić information content (AvgIpc) is 3.33. The van der Waals surface area contributed by atoms with Gasteiger partial charge in [0.2, 0.25) is 11.9 Å². The van der Waals surface area contributed by atoms with Crippen molar-refractivity contribution in [3.63, 3.8) is 0 Å². The van der Waals surface area contributed by atoms with Crippen LogP contribution in [0, 0.1) is 0 Å². The van der Waals surface area contributed by atoms with Gasteiger partial charge in [0, 0.05) is 25.0 Å². The van der Waals surface area contributed by atoms with Crippen molar-refractivity contribution < 1.29 is 4.79 Å². The number of nitrogens with zero attached hydrogens (tertiary/aromatic N) is 5. The molecule has 1 aliphatic rings. The molecule has 2 aromatic heterocycles. The van der Waals surface area contributed by atoms with Crippen LogP contribution in [-0.4, -0.2) is 43.8 Å². The van der Waals surface area contributed by atoms with E-state index in [4.69, 9.17) is 5.73 Å². The van der Waals surface area contributed by atoms with E-state index in [1.54, 1.807) is 6.20 Å². The minimum absolute atomic E-state index is 0.0508. The molecule has 160 valence electrons. The van der Waals surface area contributed by atoms with Crippen molar-refractivity contribution in [2.24, 2.45) is 0 Å². The van der Waals surface area contributed by atoms with Gasteiger partial charge in [0.05, 0.1) is 16.3 Å². The van der Waals surface area contributed by atoms with Crippen LogP contribution in [0.2, 0.25) is 0 Å². The van der Waals surface area contributed by atoms with Gasteiger partial charge in [-0.1, -0.05) is 36.9 Å². The number of aryl methyl sites for hydroxylation is 1. The fourth-order valence-electron chi connectivity index (χ4n) is 3.46. The summed E-state index contributed by atoms with van der Waals surface area (Å²) in [5.74, 6) is 1.69. The van der Waals surface area contributed by atoms with E-state index in [9.17, 15) is 4.79 Å². The van der Waals surface area contributed by atoms with Crippen LogP contribution >= 0.6 is 11.8 Å². The zero-order chi connectivity index (χ0) is 21.6. The lowest BCUT2D eigenvalue weighted by atomic mass is 10.1. The molecule has 3 N–H and O–H groups in total. The van der Waals surface area contributed by atoms with Gasteiger partial charge in [0.15, 0.2) is 0 Å². The third-order valence-electron chi connectivity index (χ3n) is 5.07. The van der Waals surface area contributed by atoms with E-state index >= 15 is 0 Å². The molecular weight excluding hydrogens is 410 g/mol. The molecule has 1 aromatic carbocycles. The van der Waals surface area contributed by atoms with Crippen molar-refractivity contribution >= 4 is 35.3 Å². The van der Waals surface area contributed by atoms with E-state index in [1.807, 2.05) is 35.2 Å². The van der Waals surface area contributed by atoms with Crippen LogP contribution in [0.25, 0.3) is 0 Å². The number of pyridine rings is 1. The number of hydrogen-bond acceptors (Lipinski definition) is 8. The summed E-state index contributed by atoms with van der Waals surface area (Å²) in [6.07, 6.45) is 4.68. The Morgan fingerprint density at radius 3 is 2.68 bits per heavy atom. The maximum Gasteiger partial charge on any atom is 0.255 e. The molecule has 0 saturated carbocycles. The standard InChI is InChI=1S/C22H25N7OS/c1-2-15-7-3-4-8-17(15)25-22-27-18(26-21(23)28-22)14-31-19-10-9-16(13-24-19)20(30)29-11-5-6-12-29/h3-4,7-10,13H,2,5-6,11-12,14H2,1H3,(H3,23,25,26,27,28). The SMILES string of the molecule is CCc1ccccc1Nc1nc(N)nc(CSc2ccc(C(=O)N3CCCC3)cn2)n1. The molecule has 1 aliphatic heterocycles. The predicted molar refractivity (Wildman–Crippen MR) is 122 cm³/mol. The van der Waals surface area contributed by atoms with Gasteiger partial charge in [-0.05, 0) is 43.0 Å². The number of rotatable bonds is 7. The Hall–Kier alpha value is -3.20. The Balaban J connectivity index is 1.41. The number of hydrogen-bond donors (Lipinski definition) is 2. The first-order chi connectivity index (χ1) is 15.1. The lowest BCUT2D eigenvalue weighted by molar-refractivity contribution is 0.0792. The van der Waals surface area contributed by atoms with Gasteiger partial charge in [0.1, 0.15) is 5.82 Å². The van der Waals surface area contributed by atoms with Gasteiger partial charge < -0.3 is 16.0 Å². The molecule has 1 amide bonds. The quantitative estimate of drug-likeness (QED) is 0.541. The molecule has 3 aromatic rings. The maximum absolute atomic E-state index is 12.4. The zero-order valence-corrected chi connectivity index (χ0v) is 18.2. The van der Waals surface area contributed by atoms with Crippen LogP contribution in [-0.2, 0) is 12.2 Å². The van der Waals surface area contributed by atoms with Gasteiger partial charge in [-0.3, -0.25) is 4.79 Å². The Morgan fingerprint density at radius 1 is 1.13 bits per heavy atom. The Labute approximate surface area is 185 Å². The second-order valence-corrected chi connectivity index (χ2v) is 8.24. The van der Waals surface area contributed by atoms with E-state index in [0.717, 1.165) is 43.1 Å². The number of aromatic nitrogens is 4. The first-order valence-corrected chi connectivity index (χ1v) is 11.3. The van der Waals surface area contributed by atoms with Crippen LogP contribution < -0.4 is 11.1 Å². The third-order valence-corrected chi connectivity index (χ3v) is 6.01. The average molecular weight is 436 g/mol. The molecule has 0 radical (unpaired) electrons. The molecule has 1 saturated heterocycles. The van der Waals surface area contributed by atoms with Crippen LogP contribution in [0.3, 0.4) is 0 Å². The molecule has 0 atom stereocenters. The monoisotopic (exact) mass is 435 g/mol. The number of anilines is 3. The van der Waals surface area contributed by atoms with Crippen molar-refractivity contribution in [1.29, 1.82) is 0 Å². The lowest BCUT2D eigenvalue weighted by Gasteiger charge is -2.14. The number of para-hydroxylation sites is 1. The zero-order valence-electron chi connectivity index (χ0n) is 17.4. The molecule has 0 bridgehead atoms. The van der Waals surface area contributed by atoms with Gasteiger partial charge >= 0.3 is 0 Å². The largest absolute Gasteiger partial charge is 0.368 e. The number of carbonyl (C=O) groups excluding carboxylic acids is 1. The van der Waals surface area contributed by atoms with Gasteiger partial charge in [0.25, 0.3) is 5.91 Å². The molecule has 3 heterocycles. The Kier molecular flexibility index (Phi) is 6.61. The van der Waals surface area contributed by atoms with Crippen LogP contribution in [0.5, 0.6) is 0 Å². The fourth-order valence-corrected chi connectivity index (χ4v) is 4.16. The molecule has 0 unspecified atom stereocenters. The van der Waals surface area contributed by atoms with Gasteiger partial charge in [-0.15, -0.1) is 0 Å². The van der Waals surface area contributed by atoms with E-state index in [1.165, 1.54) is 17.3 Å². The van der Waals surface area contributed by atoms with E-state index in [-0.39, 0.29) is 11.9 Å². The summed E-state index contributed by atoms with van der Waals surface area (Å²) in [5.41, 5.74) is 8.64. The smallest absolute Gasteiger partial charge is 0.255 e. The molecule has 1 fully saturated rings. The summed E-state index contributed by atoms with van der Waals surface area (Å²) in [4.78, 5) is 31.7. The Bertz CT molecular complexity index is 1050. The van der Waals surface area contributed by atoms with Crippen LogP contribution in [0.4, 0.5) is 17.6 Å². The summed E-state index contributed by atoms with van der Waals surface area (Å²) in [6, 6.07) is 11.7. The van der Waals surface area contributed by atoms with Crippen molar-refractivity contribution in [1.82, 2.24) is 24.8 Å². The van der Waals surface area contributed by atoms with Crippen molar-refractivity contribution in [3.8, 4) is 0 Å². The van der Waals surface area contributed by atoms with Crippen molar-refractivity contribution in [3.05, 3.63) is 59.5 Å². The number of carbonyl (C=O) groups is 1. The summed E-state index contributed by atoms with van der Waals surface area (Å²) in [5, 5.41) is 4.03. The second-order valence-electron chi connectivity index (χ2n) is 7.24. The first-order valence-electron chi connectivity index (χ1n) is 10.4. The highest BCUT2D eigenvalue weighted by atomic mass is 32.2. The Morgan fingerprint density at radius 2 is 1.94 bits per heavy atom. The molecular formula is C22H25N7OS. The number of nitrogens with two attached hydrogens (primary N) is 1. The minimum atomic E-state index is 0.0508. The van der Waals surface area contributed by atoms with E-state index in [0.29, 0.717) is 23.1 Å². The highest BCUT2D eigenvalue weighted by Crippen LogP contribution is 2.23. The molecule has 0 spiro atoms. The van der Waals surface area contributed by atoms with Crippen LogP contribution in [0.1, 0.15) is 41.5 Å². The van der Waals surface area contributed by atoms with Crippen LogP contribution in [0.15, 0.2) is 47.6 Å². The van der Waals surface area contributed by atoms with Gasteiger partial charge in [-0.2, -0.15) is 15.0 Å². The van der Waals surface area contributed by atoms with Crippen molar-refractivity contribution in [2.75, 3.05) is 24.1 Å². The number of nitrogens with one attached hydrogen (secondary N) is 1. The molecule has 9 heteroatoms. The first kappa shape index (κ1) is 21.0. The molecule has 0 aliphatic carbocycles. The minimum Gasteiger partial charge on any atom is -0.368 e. The number of likely N-dealkylation sites (tertiary alicyclic amines) is 1. The lowest BCUT2D eigenvalue weighted by Crippen LogP contribution is -2.27. The van der Waals surface area contributed by atoms with E-state index in [2.05, 4.69) is 38.2 Å². The number of benzene rings is 1. The van der Waals surface area contributed by atoms with Crippen molar-refractivity contribution in [2.45, 2.75) is 37.0 Å². The second kappa shape index (κ2) is 9.74. The highest BCUT2D eigenvalue weighted by molar-refractivity contribution is 7.98. The topological polar surface area (TPSA) is 110 Å². The number of amides is 1. The highest BCUT2D eigenvalue weighted by Gasteiger charge is 2.19. The summed E-state index contributed by atoms with van der Waals surface area (Å²) < 4.78 is 0. The molecule has 31 heavy (non-hydrogen) atoms. The van der Waals surface area contributed by atoms with Gasteiger partial charge in [-0.25, -0.2) is 4.98 Å². The number of nitrogen functional groups attached to an aromatic ring is 1.